The van der Waals surface area contributed by atoms with Gasteiger partial charge in [0.2, 0.25) is 5.75 Å². The van der Waals surface area contributed by atoms with E-state index in [1.54, 1.807) is 12.1 Å². The minimum Gasteiger partial charge on any atom is -0.413 e. The molecule has 9 heteroatoms. The Bertz CT molecular complexity index is 1120. The number of pyridine rings is 1. The molecule has 0 saturated carbocycles. The van der Waals surface area contributed by atoms with Crippen LogP contribution < -0.4 is 4.74 Å². The molecule has 9 nitrogen and oxygen atoms in total. The summed E-state index contributed by atoms with van der Waals surface area (Å²) >= 11 is 0. The summed E-state index contributed by atoms with van der Waals surface area (Å²) in [4.78, 5) is 37.4. The number of carbonyl (C=O) groups is 1. The molecule has 0 N–H and O–H groups in total. The Hall–Kier alpha value is -4.14. The highest BCUT2D eigenvalue weighted by atomic mass is 16.6. The fourth-order valence-electron chi connectivity index (χ4n) is 2.53. The first-order valence-corrected chi connectivity index (χ1v) is 8.04. The van der Waals surface area contributed by atoms with E-state index in [-0.39, 0.29) is 28.2 Å². The van der Waals surface area contributed by atoms with Gasteiger partial charge in [-0.2, -0.15) is 0 Å². The Labute approximate surface area is 158 Å². The molecule has 140 valence electrons. The van der Waals surface area contributed by atoms with Crippen LogP contribution in [0.15, 0.2) is 60.3 Å². The zero-order valence-electron chi connectivity index (χ0n) is 14.6. The van der Waals surface area contributed by atoms with Crippen LogP contribution >= 0.6 is 0 Å². The van der Waals surface area contributed by atoms with Gasteiger partial charge in [-0.3, -0.25) is 25.2 Å². The Morgan fingerprint density at radius 2 is 1.75 bits per heavy atom. The monoisotopic (exact) mass is 379 g/mol. The molecular formula is C19H13N3O6. The maximum atomic E-state index is 12.5. The molecule has 3 rings (SSSR count). The minimum atomic E-state index is -0.792. The van der Waals surface area contributed by atoms with Gasteiger partial charge in [-0.15, -0.1) is 0 Å². The summed E-state index contributed by atoms with van der Waals surface area (Å²) in [5.41, 5.74) is 0.465. The van der Waals surface area contributed by atoms with E-state index in [1.807, 2.05) is 0 Å². The normalized spacial score (nSPS) is 11.2. The van der Waals surface area contributed by atoms with Crippen molar-refractivity contribution in [3.63, 3.8) is 0 Å². The first-order chi connectivity index (χ1) is 13.4. The average Bonchev–Trinajstić information content (AvgIpc) is 2.68. The summed E-state index contributed by atoms with van der Waals surface area (Å²) in [5.74, 6) is -1.02. The van der Waals surface area contributed by atoms with Crippen molar-refractivity contribution in [1.29, 1.82) is 0 Å². The number of nitro groups is 2. The molecule has 0 aliphatic heterocycles. The SMILES string of the molecule is CC(=Cc1ccc([N+](=O)[O-])cc1)C(=O)Oc1c([N+](=O)[O-])ccc2cccnc12. The minimum absolute atomic E-state index is 0.0742. The van der Waals surface area contributed by atoms with Crippen LogP contribution in [0.5, 0.6) is 5.75 Å². The number of nitro benzene ring substituents is 2. The Kier molecular flexibility index (Phi) is 5.07. The Morgan fingerprint density at radius 1 is 1.04 bits per heavy atom. The third-order valence-electron chi connectivity index (χ3n) is 3.91. The standard InChI is InChI=1S/C19H13N3O6/c1-12(11-13-4-7-15(8-5-13)21(24)25)19(23)28-18-16(22(26)27)9-6-14-3-2-10-20-17(14)18/h2-11H,1H3. The van der Waals surface area contributed by atoms with E-state index in [9.17, 15) is 25.0 Å². The van der Waals surface area contributed by atoms with E-state index < -0.39 is 15.8 Å². The molecule has 28 heavy (non-hydrogen) atoms. The van der Waals surface area contributed by atoms with Crippen LogP contribution in [0.3, 0.4) is 0 Å². The quantitative estimate of drug-likeness (QED) is 0.215. The molecule has 0 atom stereocenters. The van der Waals surface area contributed by atoms with Gasteiger partial charge >= 0.3 is 11.7 Å². The van der Waals surface area contributed by atoms with Crippen molar-refractivity contribution in [2.45, 2.75) is 6.92 Å². The topological polar surface area (TPSA) is 125 Å². The number of ether oxygens (including phenoxy) is 1. The lowest BCUT2D eigenvalue weighted by molar-refractivity contribution is -0.385. The lowest BCUT2D eigenvalue weighted by Gasteiger charge is -2.08. The van der Waals surface area contributed by atoms with Crippen molar-refractivity contribution in [3.8, 4) is 5.75 Å². The molecule has 0 amide bonds. The highest BCUT2D eigenvalue weighted by Crippen LogP contribution is 2.34. The molecule has 1 aromatic heterocycles. The zero-order valence-corrected chi connectivity index (χ0v) is 14.6. The number of rotatable bonds is 5. The van der Waals surface area contributed by atoms with Gasteiger partial charge in [-0.05, 0) is 42.8 Å². The van der Waals surface area contributed by atoms with Crippen molar-refractivity contribution in [3.05, 3.63) is 86.1 Å². The van der Waals surface area contributed by atoms with Crippen molar-refractivity contribution in [2.24, 2.45) is 0 Å². The molecule has 0 aliphatic rings. The summed E-state index contributed by atoms with van der Waals surface area (Å²) in [6.07, 6.45) is 2.92. The second-order valence-electron chi connectivity index (χ2n) is 5.81. The predicted molar refractivity (Wildman–Crippen MR) is 101 cm³/mol. The molecule has 0 spiro atoms. The van der Waals surface area contributed by atoms with E-state index in [1.165, 1.54) is 55.6 Å². The molecule has 1 heterocycles. The van der Waals surface area contributed by atoms with Crippen molar-refractivity contribution in [1.82, 2.24) is 4.98 Å². The number of fused-ring (bicyclic) bond motifs is 1. The summed E-state index contributed by atoms with van der Waals surface area (Å²) in [6.45, 7) is 1.48. The Morgan fingerprint density at radius 3 is 2.39 bits per heavy atom. The Balaban J connectivity index is 1.92. The van der Waals surface area contributed by atoms with E-state index >= 15 is 0 Å². The van der Waals surface area contributed by atoms with E-state index in [0.29, 0.717) is 10.9 Å². The van der Waals surface area contributed by atoms with Gasteiger partial charge in [0.15, 0.2) is 0 Å². The number of hydrogen-bond donors (Lipinski definition) is 0. The molecule has 0 saturated heterocycles. The van der Waals surface area contributed by atoms with Gasteiger partial charge in [0.1, 0.15) is 5.52 Å². The summed E-state index contributed by atoms with van der Waals surface area (Å²) in [6, 6.07) is 11.7. The largest absolute Gasteiger partial charge is 0.413 e. The van der Waals surface area contributed by atoms with Gasteiger partial charge in [-0.25, -0.2) is 4.79 Å². The fraction of sp³-hybridized carbons (Fsp3) is 0.0526. The second-order valence-corrected chi connectivity index (χ2v) is 5.81. The summed E-state index contributed by atoms with van der Waals surface area (Å²) in [5, 5.41) is 22.6. The molecule has 3 aromatic rings. The van der Waals surface area contributed by atoms with E-state index in [4.69, 9.17) is 4.74 Å². The van der Waals surface area contributed by atoms with Crippen molar-refractivity contribution in [2.75, 3.05) is 0 Å². The second kappa shape index (κ2) is 7.62. The van der Waals surface area contributed by atoms with Crippen molar-refractivity contribution < 1.29 is 19.4 Å². The zero-order chi connectivity index (χ0) is 20.3. The van der Waals surface area contributed by atoms with Crippen LogP contribution in [0.25, 0.3) is 17.0 Å². The van der Waals surface area contributed by atoms with Crippen LogP contribution in [0.1, 0.15) is 12.5 Å². The van der Waals surface area contributed by atoms with Gasteiger partial charge < -0.3 is 4.74 Å². The smallest absolute Gasteiger partial charge is 0.339 e. The number of esters is 1. The summed E-state index contributed by atoms with van der Waals surface area (Å²) < 4.78 is 5.30. The highest BCUT2D eigenvalue weighted by Gasteiger charge is 2.22. The number of carbonyl (C=O) groups excluding carboxylic acids is 1. The van der Waals surface area contributed by atoms with E-state index in [2.05, 4.69) is 4.98 Å². The molecule has 0 unspecified atom stereocenters. The average molecular weight is 379 g/mol. The molecule has 0 aliphatic carbocycles. The first-order valence-electron chi connectivity index (χ1n) is 8.04. The van der Waals surface area contributed by atoms with Crippen LogP contribution in [-0.2, 0) is 4.79 Å². The fourth-order valence-corrected chi connectivity index (χ4v) is 2.53. The maximum absolute atomic E-state index is 12.5. The van der Waals surface area contributed by atoms with Gasteiger partial charge in [0.25, 0.3) is 5.69 Å². The third-order valence-corrected chi connectivity index (χ3v) is 3.91. The van der Waals surface area contributed by atoms with Crippen molar-refractivity contribution >= 4 is 34.3 Å². The van der Waals surface area contributed by atoms with Gasteiger partial charge in [0, 0.05) is 35.4 Å². The summed E-state index contributed by atoms with van der Waals surface area (Å²) in [7, 11) is 0. The lowest BCUT2D eigenvalue weighted by atomic mass is 10.1. The lowest BCUT2D eigenvalue weighted by Crippen LogP contribution is -2.11. The maximum Gasteiger partial charge on any atom is 0.339 e. The number of benzene rings is 2. The van der Waals surface area contributed by atoms with E-state index in [0.717, 1.165) is 0 Å². The first kappa shape index (κ1) is 18.6. The molecule has 0 radical (unpaired) electrons. The third kappa shape index (κ3) is 3.83. The predicted octanol–water partition coefficient (Wildman–Crippen LogP) is 4.06. The van der Waals surface area contributed by atoms with Gasteiger partial charge in [-0.1, -0.05) is 6.07 Å². The van der Waals surface area contributed by atoms with Crippen LogP contribution in [0, 0.1) is 20.2 Å². The number of nitrogens with zero attached hydrogens (tertiary/aromatic N) is 3. The number of non-ortho nitro benzene ring substituents is 1. The highest BCUT2D eigenvalue weighted by molar-refractivity contribution is 5.98. The van der Waals surface area contributed by atoms with Crippen LogP contribution in [0.2, 0.25) is 0 Å². The number of aromatic nitrogens is 1. The molecular weight excluding hydrogens is 366 g/mol. The molecule has 0 fully saturated rings. The number of hydrogen-bond acceptors (Lipinski definition) is 7. The van der Waals surface area contributed by atoms with Gasteiger partial charge in [0.05, 0.1) is 9.85 Å². The van der Waals surface area contributed by atoms with Crippen LogP contribution in [0.4, 0.5) is 11.4 Å². The molecule has 0 bridgehead atoms. The molecule has 2 aromatic carbocycles. The van der Waals surface area contributed by atoms with Crippen LogP contribution in [-0.4, -0.2) is 20.8 Å².